The molecule has 0 aliphatic carbocycles. The summed E-state index contributed by atoms with van der Waals surface area (Å²) in [6, 6.07) is 10.9. The van der Waals surface area contributed by atoms with Crippen molar-refractivity contribution in [3.8, 4) is 0 Å². The standard InChI is InChI=1S/C15H13Cl3O/c1-9-7-10(5-6-12(9)16)14(19)8-11-3-2-4-13(17)15(11)18/h2-7,14,19H,8H2,1H3. The summed E-state index contributed by atoms with van der Waals surface area (Å²) in [5.74, 6) is 0. The summed E-state index contributed by atoms with van der Waals surface area (Å²) < 4.78 is 0. The Kier molecular flexibility index (Phi) is 4.75. The highest BCUT2D eigenvalue weighted by molar-refractivity contribution is 6.42. The molecule has 0 amide bonds. The number of aryl methyl sites for hydroxylation is 1. The fourth-order valence-electron chi connectivity index (χ4n) is 1.91. The van der Waals surface area contributed by atoms with Gasteiger partial charge in [-0.15, -0.1) is 0 Å². The van der Waals surface area contributed by atoms with Crippen molar-refractivity contribution in [2.45, 2.75) is 19.4 Å². The van der Waals surface area contributed by atoms with Gasteiger partial charge in [-0.05, 0) is 35.7 Å². The van der Waals surface area contributed by atoms with Crippen LogP contribution in [0.4, 0.5) is 0 Å². The average Bonchev–Trinajstić information content (AvgIpc) is 2.38. The van der Waals surface area contributed by atoms with E-state index in [9.17, 15) is 5.11 Å². The third-order valence-corrected chi connectivity index (χ3v) is 4.29. The summed E-state index contributed by atoms with van der Waals surface area (Å²) >= 11 is 18.0. The van der Waals surface area contributed by atoms with Crippen molar-refractivity contribution in [1.29, 1.82) is 0 Å². The quantitative estimate of drug-likeness (QED) is 0.822. The number of benzene rings is 2. The minimum atomic E-state index is -0.632. The first kappa shape index (κ1) is 14.7. The van der Waals surface area contributed by atoms with Gasteiger partial charge in [0.2, 0.25) is 0 Å². The van der Waals surface area contributed by atoms with E-state index >= 15 is 0 Å². The summed E-state index contributed by atoms with van der Waals surface area (Å²) in [7, 11) is 0. The smallest absolute Gasteiger partial charge is 0.0831 e. The summed E-state index contributed by atoms with van der Waals surface area (Å²) in [4.78, 5) is 0. The van der Waals surface area contributed by atoms with E-state index in [0.29, 0.717) is 21.5 Å². The van der Waals surface area contributed by atoms with Crippen molar-refractivity contribution in [1.82, 2.24) is 0 Å². The van der Waals surface area contributed by atoms with E-state index in [1.165, 1.54) is 0 Å². The molecule has 100 valence electrons. The van der Waals surface area contributed by atoms with Gasteiger partial charge in [0.25, 0.3) is 0 Å². The molecular formula is C15H13Cl3O. The van der Waals surface area contributed by atoms with Gasteiger partial charge in [0.15, 0.2) is 0 Å². The third kappa shape index (κ3) is 3.43. The molecule has 1 unspecified atom stereocenters. The van der Waals surface area contributed by atoms with E-state index in [-0.39, 0.29) is 0 Å². The monoisotopic (exact) mass is 314 g/mol. The molecule has 2 rings (SSSR count). The second kappa shape index (κ2) is 6.15. The Balaban J connectivity index is 2.23. The molecule has 4 heteroatoms. The maximum Gasteiger partial charge on any atom is 0.0831 e. The molecule has 0 saturated heterocycles. The first-order valence-corrected chi connectivity index (χ1v) is 6.99. The summed E-state index contributed by atoms with van der Waals surface area (Å²) in [5.41, 5.74) is 2.59. The van der Waals surface area contributed by atoms with Gasteiger partial charge in [0.05, 0.1) is 16.1 Å². The lowest BCUT2D eigenvalue weighted by atomic mass is 10.00. The van der Waals surface area contributed by atoms with Gasteiger partial charge < -0.3 is 5.11 Å². The number of aliphatic hydroxyl groups excluding tert-OH is 1. The molecule has 2 aromatic rings. The van der Waals surface area contributed by atoms with Gasteiger partial charge in [-0.2, -0.15) is 0 Å². The van der Waals surface area contributed by atoms with Crippen LogP contribution in [-0.4, -0.2) is 5.11 Å². The van der Waals surface area contributed by atoms with Crippen LogP contribution in [0, 0.1) is 6.92 Å². The third-order valence-electron chi connectivity index (χ3n) is 3.01. The van der Waals surface area contributed by atoms with Crippen LogP contribution in [0.3, 0.4) is 0 Å². The molecule has 0 bridgehead atoms. The normalized spacial score (nSPS) is 12.5. The molecule has 1 N–H and O–H groups in total. The molecule has 0 saturated carbocycles. The van der Waals surface area contributed by atoms with Gasteiger partial charge >= 0.3 is 0 Å². The molecule has 0 radical (unpaired) electrons. The van der Waals surface area contributed by atoms with Crippen LogP contribution in [0.15, 0.2) is 36.4 Å². The van der Waals surface area contributed by atoms with Crippen LogP contribution >= 0.6 is 34.8 Å². The maximum absolute atomic E-state index is 10.3. The number of halogens is 3. The average molecular weight is 316 g/mol. The first-order chi connectivity index (χ1) is 8.99. The number of hydrogen-bond acceptors (Lipinski definition) is 1. The Bertz CT molecular complexity index is 596. The van der Waals surface area contributed by atoms with Crippen molar-refractivity contribution < 1.29 is 5.11 Å². The lowest BCUT2D eigenvalue weighted by Gasteiger charge is -2.14. The van der Waals surface area contributed by atoms with Crippen LogP contribution in [0.1, 0.15) is 22.8 Å². The highest BCUT2D eigenvalue weighted by atomic mass is 35.5. The predicted molar refractivity (Wildman–Crippen MR) is 81.3 cm³/mol. The lowest BCUT2D eigenvalue weighted by molar-refractivity contribution is 0.178. The Morgan fingerprint density at radius 3 is 2.47 bits per heavy atom. The lowest BCUT2D eigenvalue weighted by Crippen LogP contribution is -2.03. The highest BCUT2D eigenvalue weighted by Gasteiger charge is 2.13. The van der Waals surface area contributed by atoms with Crippen molar-refractivity contribution in [2.24, 2.45) is 0 Å². The molecule has 19 heavy (non-hydrogen) atoms. The van der Waals surface area contributed by atoms with Crippen LogP contribution in [0.25, 0.3) is 0 Å². The van der Waals surface area contributed by atoms with Crippen molar-refractivity contribution >= 4 is 34.8 Å². The second-order valence-electron chi connectivity index (χ2n) is 4.44. The van der Waals surface area contributed by atoms with Gasteiger partial charge in [-0.25, -0.2) is 0 Å². The number of aliphatic hydroxyl groups is 1. The Morgan fingerprint density at radius 1 is 1.05 bits per heavy atom. The van der Waals surface area contributed by atoms with Gasteiger partial charge in [-0.1, -0.05) is 59.1 Å². The van der Waals surface area contributed by atoms with E-state index in [2.05, 4.69) is 0 Å². The first-order valence-electron chi connectivity index (χ1n) is 5.86. The minimum Gasteiger partial charge on any atom is -0.388 e. The summed E-state index contributed by atoms with van der Waals surface area (Å²) in [6.07, 6.45) is -0.215. The van der Waals surface area contributed by atoms with E-state index in [1.807, 2.05) is 31.2 Å². The van der Waals surface area contributed by atoms with Crippen molar-refractivity contribution in [3.63, 3.8) is 0 Å². The Hall–Kier alpha value is -0.730. The molecule has 2 aromatic carbocycles. The summed E-state index contributed by atoms with van der Waals surface area (Å²) in [5, 5.41) is 11.9. The highest BCUT2D eigenvalue weighted by Crippen LogP contribution is 2.30. The number of rotatable bonds is 3. The molecule has 0 aliphatic heterocycles. The van der Waals surface area contributed by atoms with Crippen molar-refractivity contribution in [2.75, 3.05) is 0 Å². The topological polar surface area (TPSA) is 20.2 Å². The fourth-order valence-corrected chi connectivity index (χ4v) is 2.42. The molecule has 0 fully saturated rings. The van der Waals surface area contributed by atoms with E-state index < -0.39 is 6.10 Å². The fraction of sp³-hybridized carbons (Fsp3) is 0.200. The molecule has 0 aromatic heterocycles. The molecule has 0 aliphatic rings. The molecule has 0 heterocycles. The Labute approximate surface area is 127 Å². The van der Waals surface area contributed by atoms with Crippen LogP contribution in [-0.2, 0) is 6.42 Å². The molecule has 0 spiro atoms. The minimum absolute atomic E-state index is 0.417. The summed E-state index contributed by atoms with van der Waals surface area (Å²) in [6.45, 7) is 1.91. The zero-order valence-electron chi connectivity index (χ0n) is 10.3. The van der Waals surface area contributed by atoms with Gasteiger partial charge in [0.1, 0.15) is 0 Å². The SMILES string of the molecule is Cc1cc(C(O)Cc2cccc(Cl)c2Cl)ccc1Cl. The van der Waals surface area contributed by atoms with Crippen LogP contribution in [0.2, 0.25) is 15.1 Å². The zero-order chi connectivity index (χ0) is 14.0. The van der Waals surface area contributed by atoms with Crippen LogP contribution < -0.4 is 0 Å². The van der Waals surface area contributed by atoms with E-state index in [1.54, 1.807) is 12.1 Å². The van der Waals surface area contributed by atoms with Crippen molar-refractivity contribution in [3.05, 3.63) is 68.2 Å². The number of hydrogen-bond donors (Lipinski definition) is 1. The largest absolute Gasteiger partial charge is 0.388 e. The van der Waals surface area contributed by atoms with E-state index in [0.717, 1.165) is 16.7 Å². The second-order valence-corrected chi connectivity index (χ2v) is 5.63. The Morgan fingerprint density at radius 2 is 1.79 bits per heavy atom. The van der Waals surface area contributed by atoms with Gasteiger partial charge in [-0.3, -0.25) is 0 Å². The molecular weight excluding hydrogens is 303 g/mol. The van der Waals surface area contributed by atoms with E-state index in [4.69, 9.17) is 34.8 Å². The molecule has 1 atom stereocenters. The maximum atomic E-state index is 10.3. The van der Waals surface area contributed by atoms with Crippen LogP contribution in [0.5, 0.6) is 0 Å². The zero-order valence-corrected chi connectivity index (χ0v) is 12.6. The predicted octanol–water partition coefficient (Wildman–Crippen LogP) is 5.23. The van der Waals surface area contributed by atoms with Gasteiger partial charge in [0, 0.05) is 11.4 Å². The molecule has 1 nitrogen and oxygen atoms in total.